The summed E-state index contributed by atoms with van der Waals surface area (Å²) >= 11 is 0. The van der Waals surface area contributed by atoms with Gasteiger partial charge in [-0.25, -0.2) is 4.68 Å². The molecule has 1 unspecified atom stereocenters. The van der Waals surface area contributed by atoms with E-state index in [1.54, 1.807) is 4.68 Å². The Balaban J connectivity index is 2.19. The van der Waals surface area contributed by atoms with Crippen LogP contribution in [0.25, 0.3) is 5.69 Å². The molecule has 5 nitrogen and oxygen atoms in total. The van der Waals surface area contributed by atoms with Gasteiger partial charge < -0.3 is 10.4 Å². The molecule has 0 amide bonds. The Bertz CT molecular complexity index is 659. The third-order valence-corrected chi connectivity index (χ3v) is 3.98. The summed E-state index contributed by atoms with van der Waals surface area (Å²) in [6.07, 6.45) is 1.37. The molecule has 2 N–H and O–H groups in total. The van der Waals surface area contributed by atoms with Crippen molar-refractivity contribution in [1.29, 1.82) is 0 Å². The number of aliphatic hydroxyl groups is 1. The van der Waals surface area contributed by atoms with Crippen LogP contribution in [-0.4, -0.2) is 27.1 Å². The highest BCUT2D eigenvalue weighted by Crippen LogP contribution is 2.09. The highest BCUT2D eigenvalue weighted by molar-refractivity contribution is 5.33. The maximum absolute atomic E-state index is 12.7. The summed E-state index contributed by atoms with van der Waals surface area (Å²) in [5.41, 5.74) is 2.53. The van der Waals surface area contributed by atoms with Crippen LogP contribution < -0.4 is 10.9 Å². The number of hydrogen-bond acceptors (Lipinski definition) is 3. The first kappa shape index (κ1) is 16.5. The summed E-state index contributed by atoms with van der Waals surface area (Å²) in [5, 5.41) is 12.9. The lowest BCUT2D eigenvalue weighted by Gasteiger charge is -2.09. The van der Waals surface area contributed by atoms with E-state index < -0.39 is 0 Å². The Morgan fingerprint density at radius 1 is 1.27 bits per heavy atom. The molecule has 22 heavy (non-hydrogen) atoms. The lowest BCUT2D eigenvalue weighted by Crippen LogP contribution is -2.29. The van der Waals surface area contributed by atoms with Gasteiger partial charge in [-0.1, -0.05) is 31.5 Å². The molecular formula is C17H25N3O2. The van der Waals surface area contributed by atoms with Crippen LogP contribution in [0.15, 0.2) is 35.1 Å². The normalized spacial score (nSPS) is 12.5. The van der Waals surface area contributed by atoms with E-state index in [4.69, 9.17) is 0 Å². The minimum absolute atomic E-state index is 0.0105. The predicted octanol–water partition coefficient (Wildman–Crippen LogP) is 1.74. The van der Waals surface area contributed by atoms with E-state index in [0.717, 1.165) is 29.8 Å². The Morgan fingerprint density at radius 2 is 1.95 bits per heavy atom. The number of nitrogens with one attached hydrogen (secondary N) is 1. The zero-order valence-electron chi connectivity index (χ0n) is 13.5. The molecule has 1 atom stereocenters. The van der Waals surface area contributed by atoms with Crippen LogP contribution in [0.2, 0.25) is 0 Å². The van der Waals surface area contributed by atoms with E-state index in [0.29, 0.717) is 13.1 Å². The summed E-state index contributed by atoms with van der Waals surface area (Å²) in [4.78, 5) is 12.7. The minimum atomic E-state index is -0.356. The number of aliphatic hydroxyl groups excluding tert-OH is 1. The van der Waals surface area contributed by atoms with Crippen LogP contribution in [0.4, 0.5) is 0 Å². The molecule has 0 saturated heterocycles. The molecule has 0 spiro atoms. The van der Waals surface area contributed by atoms with Gasteiger partial charge in [0.25, 0.3) is 5.56 Å². The van der Waals surface area contributed by atoms with Gasteiger partial charge in [-0.15, -0.1) is 0 Å². The highest BCUT2D eigenvalue weighted by Gasteiger charge is 2.15. The quantitative estimate of drug-likeness (QED) is 0.819. The molecule has 5 heteroatoms. The molecule has 0 bridgehead atoms. The van der Waals surface area contributed by atoms with Gasteiger partial charge in [-0.3, -0.25) is 9.48 Å². The van der Waals surface area contributed by atoms with E-state index in [1.165, 1.54) is 0 Å². The summed E-state index contributed by atoms with van der Waals surface area (Å²) < 4.78 is 3.55. The molecule has 0 fully saturated rings. The molecule has 1 aromatic heterocycles. The van der Waals surface area contributed by atoms with Crippen LogP contribution in [0.5, 0.6) is 0 Å². The maximum atomic E-state index is 12.7. The number of hydrogen-bond donors (Lipinski definition) is 2. The molecule has 0 aliphatic carbocycles. The van der Waals surface area contributed by atoms with Crippen molar-refractivity contribution in [3.8, 4) is 5.69 Å². The summed E-state index contributed by atoms with van der Waals surface area (Å²) in [5.74, 6) is 0. The van der Waals surface area contributed by atoms with Gasteiger partial charge in [0.2, 0.25) is 0 Å². The monoisotopic (exact) mass is 303 g/mol. The lowest BCUT2D eigenvalue weighted by molar-refractivity contribution is 0.160. The number of rotatable bonds is 7. The van der Waals surface area contributed by atoms with E-state index in [2.05, 4.69) is 5.32 Å². The van der Waals surface area contributed by atoms with Crippen molar-refractivity contribution >= 4 is 0 Å². The Morgan fingerprint density at radius 3 is 2.59 bits per heavy atom. The molecule has 0 aliphatic heterocycles. The average Bonchev–Trinajstić information content (AvgIpc) is 2.72. The molecule has 2 aromatic rings. The van der Waals surface area contributed by atoms with Crippen molar-refractivity contribution in [1.82, 2.24) is 14.7 Å². The molecule has 0 radical (unpaired) electrons. The van der Waals surface area contributed by atoms with Crippen molar-refractivity contribution < 1.29 is 5.11 Å². The molecule has 2 rings (SSSR count). The first-order valence-electron chi connectivity index (χ1n) is 7.78. The molecule has 1 aromatic carbocycles. The third-order valence-electron chi connectivity index (χ3n) is 3.98. The Labute approximate surface area is 131 Å². The average molecular weight is 303 g/mol. The maximum Gasteiger partial charge on any atom is 0.276 e. The zero-order valence-corrected chi connectivity index (χ0v) is 13.5. The third kappa shape index (κ3) is 3.48. The summed E-state index contributed by atoms with van der Waals surface area (Å²) in [6, 6.07) is 9.61. The van der Waals surface area contributed by atoms with Crippen molar-refractivity contribution in [2.45, 2.75) is 39.3 Å². The summed E-state index contributed by atoms with van der Waals surface area (Å²) in [6.45, 7) is 4.97. The summed E-state index contributed by atoms with van der Waals surface area (Å²) in [7, 11) is 1.89. The topological polar surface area (TPSA) is 59.2 Å². The second-order valence-electron chi connectivity index (χ2n) is 5.61. The Kier molecular flexibility index (Phi) is 5.57. The van der Waals surface area contributed by atoms with Crippen molar-refractivity contribution in [2.75, 3.05) is 6.54 Å². The van der Waals surface area contributed by atoms with Gasteiger partial charge in [0.15, 0.2) is 0 Å². The lowest BCUT2D eigenvalue weighted by atomic mass is 10.2. The van der Waals surface area contributed by atoms with Crippen LogP contribution >= 0.6 is 0 Å². The highest BCUT2D eigenvalue weighted by atomic mass is 16.3. The van der Waals surface area contributed by atoms with Gasteiger partial charge in [-0.2, -0.15) is 0 Å². The smallest absolute Gasteiger partial charge is 0.276 e. The van der Waals surface area contributed by atoms with Crippen LogP contribution in [0, 0.1) is 6.92 Å². The Hall–Kier alpha value is -1.85. The van der Waals surface area contributed by atoms with Gasteiger partial charge in [-0.05, 0) is 25.5 Å². The zero-order chi connectivity index (χ0) is 16.1. The fourth-order valence-electron chi connectivity index (χ4n) is 2.63. The van der Waals surface area contributed by atoms with Crippen LogP contribution in [0.1, 0.15) is 31.0 Å². The molecule has 120 valence electrons. The molecule has 0 saturated carbocycles. The van der Waals surface area contributed by atoms with Crippen LogP contribution in [0.3, 0.4) is 0 Å². The first-order valence-corrected chi connectivity index (χ1v) is 7.78. The largest absolute Gasteiger partial charge is 0.392 e. The van der Waals surface area contributed by atoms with Crippen molar-refractivity contribution in [2.24, 2.45) is 7.05 Å². The standard InChI is InChI=1S/C17H25N3O2/c1-4-8-15(21)11-18-12-16-13(2)19(3)20(17(16)22)14-9-6-5-7-10-14/h5-7,9-10,15,18,21H,4,8,11-12H2,1-3H3. The van der Waals surface area contributed by atoms with Crippen LogP contribution in [-0.2, 0) is 13.6 Å². The molecular weight excluding hydrogens is 278 g/mol. The van der Waals surface area contributed by atoms with E-state index in [1.807, 2.05) is 55.9 Å². The number of para-hydroxylation sites is 1. The van der Waals surface area contributed by atoms with Gasteiger partial charge in [0, 0.05) is 25.8 Å². The number of benzene rings is 1. The minimum Gasteiger partial charge on any atom is -0.392 e. The van der Waals surface area contributed by atoms with E-state index in [-0.39, 0.29) is 11.7 Å². The van der Waals surface area contributed by atoms with E-state index in [9.17, 15) is 9.90 Å². The van der Waals surface area contributed by atoms with Gasteiger partial charge in [0.05, 0.1) is 17.4 Å². The van der Waals surface area contributed by atoms with Crippen molar-refractivity contribution in [3.63, 3.8) is 0 Å². The molecule has 1 heterocycles. The first-order chi connectivity index (χ1) is 10.6. The fraction of sp³-hybridized carbons (Fsp3) is 0.471. The number of aromatic nitrogens is 2. The second kappa shape index (κ2) is 7.42. The fourth-order valence-corrected chi connectivity index (χ4v) is 2.63. The second-order valence-corrected chi connectivity index (χ2v) is 5.61. The van der Waals surface area contributed by atoms with E-state index >= 15 is 0 Å². The van der Waals surface area contributed by atoms with Crippen molar-refractivity contribution in [3.05, 3.63) is 51.9 Å². The number of nitrogens with zero attached hydrogens (tertiary/aromatic N) is 2. The van der Waals surface area contributed by atoms with Gasteiger partial charge in [0.1, 0.15) is 0 Å². The predicted molar refractivity (Wildman–Crippen MR) is 88.4 cm³/mol. The van der Waals surface area contributed by atoms with Gasteiger partial charge >= 0.3 is 0 Å². The molecule has 0 aliphatic rings. The SMILES string of the molecule is CCCC(O)CNCc1c(C)n(C)n(-c2ccccc2)c1=O.